The van der Waals surface area contributed by atoms with E-state index in [0.29, 0.717) is 18.2 Å². The molecule has 10 heteroatoms. The van der Waals surface area contributed by atoms with Crippen molar-refractivity contribution in [2.45, 2.75) is 25.7 Å². The largest absolute Gasteiger partial charge is 0.491 e. The Kier molecular flexibility index (Phi) is 6.07. The lowest BCUT2D eigenvalue weighted by atomic mass is 9.87. The second-order valence-corrected chi connectivity index (χ2v) is 9.86. The highest BCUT2D eigenvalue weighted by atomic mass is 35.5. The molecule has 1 amide bonds. The molecule has 2 N–H and O–H groups in total. The van der Waals surface area contributed by atoms with E-state index >= 15 is 0 Å². The van der Waals surface area contributed by atoms with Crippen molar-refractivity contribution in [3.8, 4) is 5.75 Å². The summed E-state index contributed by atoms with van der Waals surface area (Å²) in [5, 5.41) is 12.6. The zero-order valence-corrected chi connectivity index (χ0v) is 20.1. The van der Waals surface area contributed by atoms with Gasteiger partial charge in [0.05, 0.1) is 29.4 Å². The minimum Gasteiger partial charge on any atom is -0.491 e. The zero-order chi connectivity index (χ0) is 22.9. The molecule has 1 aliphatic carbocycles. The number of nitrogens with one attached hydrogen (secondary N) is 2. The number of alkyl halides is 1. The minimum absolute atomic E-state index is 0.0235. The molecule has 0 saturated carbocycles. The van der Waals surface area contributed by atoms with Crippen molar-refractivity contribution in [2.24, 2.45) is 5.92 Å². The van der Waals surface area contributed by atoms with E-state index in [1.807, 2.05) is 26.2 Å². The Morgan fingerprint density at radius 2 is 2.24 bits per heavy atom. The first-order valence-corrected chi connectivity index (χ1v) is 12.3. The molecule has 0 spiro atoms. The molecule has 8 nitrogen and oxygen atoms in total. The molecule has 5 rings (SSSR count). The van der Waals surface area contributed by atoms with Crippen LogP contribution in [-0.4, -0.2) is 57.6 Å². The van der Waals surface area contributed by atoms with E-state index in [-0.39, 0.29) is 11.8 Å². The van der Waals surface area contributed by atoms with Crippen molar-refractivity contribution < 1.29 is 9.53 Å². The van der Waals surface area contributed by atoms with Gasteiger partial charge in [-0.15, -0.1) is 22.9 Å². The summed E-state index contributed by atoms with van der Waals surface area (Å²) in [6.45, 7) is 0.520. The van der Waals surface area contributed by atoms with Crippen LogP contribution in [0.25, 0.3) is 21.1 Å². The van der Waals surface area contributed by atoms with E-state index in [0.717, 1.165) is 58.3 Å². The van der Waals surface area contributed by atoms with E-state index in [4.69, 9.17) is 16.3 Å². The van der Waals surface area contributed by atoms with E-state index in [9.17, 15) is 4.79 Å². The Hall–Kier alpha value is -2.91. The number of halogens is 1. The monoisotopic (exact) mass is 484 g/mol. The lowest BCUT2D eigenvalue weighted by Crippen LogP contribution is -2.32. The average molecular weight is 485 g/mol. The third-order valence-electron chi connectivity index (χ3n) is 5.96. The molecule has 172 valence electrons. The number of rotatable bonds is 7. The molecule has 0 bridgehead atoms. The lowest BCUT2D eigenvalue weighted by Gasteiger charge is -2.24. The number of H-pyrrole nitrogens is 1. The maximum atomic E-state index is 12.5. The quantitative estimate of drug-likeness (QED) is 0.296. The molecule has 3 aromatic heterocycles. The van der Waals surface area contributed by atoms with Crippen molar-refractivity contribution in [1.29, 1.82) is 0 Å². The van der Waals surface area contributed by atoms with Crippen LogP contribution in [0.15, 0.2) is 24.7 Å². The summed E-state index contributed by atoms with van der Waals surface area (Å²) in [7, 11) is 3.64. The van der Waals surface area contributed by atoms with Gasteiger partial charge in [0.1, 0.15) is 22.7 Å². The summed E-state index contributed by atoms with van der Waals surface area (Å²) in [5.41, 5.74) is 2.96. The number of aromatic nitrogens is 4. The number of aromatic amines is 1. The predicted octanol–water partition coefficient (Wildman–Crippen LogP) is 4.51. The lowest BCUT2D eigenvalue weighted by molar-refractivity contribution is -0.133. The molecule has 1 unspecified atom stereocenters. The summed E-state index contributed by atoms with van der Waals surface area (Å²) in [6, 6.07) is 3.95. The summed E-state index contributed by atoms with van der Waals surface area (Å²) in [6.07, 6.45) is 6.54. The van der Waals surface area contributed by atoms with Crippen LogP contribution in [-0.2, 0) is 17.6 Å². The topological polar surface area (TPSA) is 96.0 Å². The Labute approximate surface area is 200 Å². The fourth-order valence-corrected chi connectivity index (χ4v) is 5.71. The van der Waals surface area contributed by atoms with Crippen LogP contribution in [0, 0.1) is 5.92 Å². The number of thiophene rings is 1. The normalized spacial score (nSPS) is 15.5. The van der Waals surface area contributed by atoms with Crippen LogP contribution in [0.1, 0.15) is 23.3 Å². The number of carbonyl (C=O) groups excluding carboxylic acids is 1. The molecule has 1 aliphatic rings. The Balaban J connectivity index is 1.51. The van der Waals surface area contributed by atoms with Gasteiger partial charge in [0.2, 0.25) is 5.91 Å². The number of aryl methyl sites for hydroxylation is 1. The predicted molar refractivity (Wildman–Crippen MR) is 132 cm³/mol. The number of amides is 1. The van der Waals surface area contributed by atoms with Crippen molar-refractivity contribution in [1.82, 2.24) is 25.1 Å². The van der Waals surface area contributed by atoms with Crippen molar-refractivity contribution in [3.05, 3.63) is 35.1 Å². The zero-order valence-electron chi connectivity index (χ0n) is 18.5. The molecular formula is C23H25ClN6O2S. The highest BCUT2D eigenvalue weighted by Crippen LogP contribution is 2.41. The summed E-state index contributed by atoms with van der Waals surface area (Å²) < 4.78 is 6.02. The number of hydrogen-bond acceptors (Lipinski definition) is 7. The van der Waals surface area contributed by atoms with E-state index in [1.54, 1.807) is 28.8 Å². The maximum absolute atomic E-state index is 12.5. The summed E-state index contributed by atoms with van der Waals surface area (Å²) in [5.74, 6) is 2.22. The second-order valence-electron chi connectivity index (χ2n) is 8.40. The molecule has 0 saturated heterocycles. The SMILES string of the molecule is CN(C)C(=O)C1CCc2c(sc3ncnc(Nc4cc5cn[nH]c5cc4OCCCCl)c23)C1. The first-order chi connectivity index (χ1) is 16.0. The highest BCUT2D eigenvalue weighted by Gasteiger charge is 2.30. The third-order valence-corrected chi connectivity index (χ3v) is 7.39. The molecule has 1 atom stereocenters. The van der Waals surface area contributed by atoms with Crippen LogP contribution in [0.3, 0.4) is 0 Å². The van der Waals surface area contributed by atoms with Crippen molar-refractivity contribution in [3.63, 3.8) is 0 Å². The van der Waals surface area contributed by atoms with E-state index in [2.05, 4.69) is 25.5 Å². The number of fused-ring (bicyclic) bond motifs is 4. The molecule has 0 fully saturated rings. The van der Waals surface area contributed by atoms with E-state index in [1.165, 1.54) is 10.4 Å². The number of hydrogen-bond donors (Lipinski definition) is 2. The minimum atomic E-state index is 0.0235. The fourth-order valence-electron chi connectivity index (χ4n) is 4.33. The Morgan fingerprint density at radius 1 is 1.36 bits per heavy atom. The average Bonchev–Trinajstić information content (AvgIpc) is 3.42. The number of nitrogens with zero attached hydrogens (tertiary/aromatic N) is 4. The highest BCUT2D eigenvalue weighted by molar-refractivity contribution is 7.19. The second kappa shape index (κ2) is 9.15. The molecular weight excluding hydrogens is 460 g/mol. The van der Waals surface area contributed by atoms with E-state index < -0.39 is 0 Å². The van der Waals surface area contributed by atoms with Gasteiger partial charge >= 0.3 is 0 Å². The number of carbonyl (C=O) groups is 1. The number of ether oxygens (including phenoxy) is 1. The van der Waals surface area contributed by atoms with Gasteiger partial charge in [-0.3, -0.25) is 9.89 Å². The van der Waals surface area contributed by atoms with Crippen LogP contribution in [0.4, 0.5) is 11.5 Å². The molecule has 4 aromatic rings. The van der Waals surface area contributed by atoms with Gasteiger partial charge in [-0.2, -0.15) is 5.10 Å². The molecule has 33 heavy (non-hydrogen) atoms. The molecule has 3 heterocycles. The fraction of sp³-hybridized carbons (Fsp3) is 0.391. The van der Waals surface area contributed by atoms with Gasteiger partial charge in [0.25, 0.3) is 0 Å². The molecule has 1 aromatic carbocycles. The van der Waals surface area contributed by atoms with Gasteiger partial charge in [-0.25, -0.2) is 9.97 Å². The number of anilines is 2. The van der Waals surface area contributed by atoms with Crippen LogP contribution in [0.5, 0.6) is 5.75 Å². The Bertz CT molecular complexity index is 1320. The first-order valence-electron chi connectivity index (χ1n) is 10.9. The van der Waals surface area contributed by atoms with Crippen molar-refractivity contribution >= 4 is 61.5 Å². The third kappa shape index (κ3) is 4.22. The first kappa shape index (κ1) is 21.9. The van der Waals surface area contributed by atoms with Gasteiger partial charge in [-0.05, 0) is 37.3 Å². The van der Waals surface area contributed by atoms with Gasteiger partial charge in [-0.1, -0.05) is 0 Å². The standard InChI is InChI=1S/C23H25ClN6O2S/c1-30(2)23(31)13-4-5-15-19(9-13)33-22-20(15)21(25-12-26-22)28-17-8-14-11-27-29-16(14)10-18(17)32-7-3-6-24/h8,10-13H,3-7,9H2,1-2H3,(H,27,29)(H,25,26,28). The van der Waals surface area contributed by atoms with Crippen LogP contribution >= 0.6 is 22.9 Å². The smallest absolute Gasteiger partial charge is 0.225 e. The summed E-state index contributed by atoms with van der Waals surface area (Å²) >= 11 is 7.49. The van der Waals surface area contributed by atoms with Gasteiger partial charge in [0, 0.05) is 42.2 Å². The van der Waals surface area contributed by atoms with Crippen LogP contribution in [0.2, 0.25) is 0 Å². The number of benzene rings is 1. The van der Waals surface area contributed by atoms with Crippen LogP contribution < -0.4 is 10.1 Å². The van der Waals surface area contributed by atoms with Gasteiger partial charge < -0.3 is 15.0 Å². The maximum Gasteiger partial charge on any atom is 0.225 e. The Morgan fingerprint density at radius 3 is 3.06 bits per heavy atom. The van der Waals surface area contributed by atoms with Crippen molar-refractivity contribution in [2.75, 3.05) is 31.9 Å². The molecule has 0 aliphatic heterocycles. The van der Waals surface area contributed by atoms with Gasteiger partial charge in [0.15, 0.2) is 0 Å². The summed E-state index contributed by atoms with van der Waals surface area (Å²) in [4.78, 5) is 25.5. The molecule has 0 radical (unpaired) electrons.